The molecule has 0 aliphatic rings. The number of carbonyl (C=O) groups is 1. The van der Waals surface area contributed by atoms with Crippen molar-refractivity contribution in [2.24, 2.45) is 0 Å². The first-order chi connectivity index (χ1) is 10.8. The molecule has 1 N–H and O–H groups in total. The Kier molecular flexibility index (Phi) is 3.13. The van der Waals surface area contributed by atoms with E-state index in [1.807, 2.05) is 41.9 Å². The van der Waals surface area contributed by atoms with Crippen LogP contribution >= 0.6 is 11.3 Å². The van der Waals surface area contributed by atoms with E-state index in [9.17, 15) is 4.79 Å². The van der Waals surface area contributed by atoms with Gasteiger partial charge in [0.05, 0.1) is 4.88 Å². The van der Waals surface area contributed by atoms with Crippen molar-refractivity contribution in [1.82, 2.24) is 4.98 Å². The minimum absolute atomic E-state index is 0.0687. The average Bonchev–Trinajstić information content (AvgIpc) is 3.25. The van der Waals surface area contributed by atoms with Crippen LogP contribution in [0.2, 0.25) is 0 Å². The Balaban J connectivity index is 1.91. The van der Waals surface area contributed by atoms with Crippen molar-refractivity contribution in [3.05, 3.63) is 82.8 Å². The smallest absolute Gasteiger partial charge is 0.205 e. The van der Waals surface area contributed by atoms with E-state index in [1.54, 1.807) is 6.20 Å². The topological polar surface area (TPSA) is 32.9 Å². The number of benzene rings is 2. The van der Waals surface area contributed by atoms with Crippen LogP contribution in [0.1, 0.15) is 15.2 Å². The van der Waals surface area contributed by atoms with Crippen molar-refractivity contribution < 1.29 is 4.79 Å². The molecule has 0 unspecified atom stereocenters. The van der Waals surface area contributed by atoms with Crippen LogP contribution < -0.4 is 0 Å². The number of aromatic amines is 1. The molecule has 2 aromatic carbocycles. The Morgan fingerprint density at radius 3 is 2.59 bits per heavy atom. The Bertz CT molecular complexity index is 945. The van der Waals surface area contributed by atoms with E-state index >= 15 is 0 Å². The van der Waals surface area contributed by atoms with E-state index in [2.05, 4.69) is 29.2 Å². The molecule has 0 bridgehead atoms. The highest BCUT2D eigenvalue weighted by Gasteiger charge is 2.17. The number of fused-ring (bicyclic) bond motifs is 1. The second kappa shape index (κ2) is 5.28. The molecule has 2 nitrogen and oxygen atoms in total. The zero-order chi connectivity index (χ0) is 14.9. The van der Waals surface area contributed by atoms with Gasteiger partial charge >= 0.3 is 0 Å². The van der Waals surface area contributed by atoms with Gasteiger partial charge in [0.1, 0.15) is 0 Å². The fourth-order valence-corrected chi connectivity index (χ4v) is 3.45. The molecule has 0 aliphatic heterocycles. The molecule has 0 spiro atoms. The van der Waals surface area contributed by atoms with Crippen LogP contribution in [-0.2, 0) is 0 Å². The summed E-state index contributed by atoms with van der Waals surface area (Å²) in [5.41, 5.74) is 2.76. The molecule has 106 valence electrons. The van der Waals surface area contributed by atoms with Gasteiger partial charge in [0.25, 0.3) is 0 Å². The largest absolute Gasteiger partial charge is 0.366 e. The maximum absolute atomic E-state index is 12.7. The van der Waals surface area contributed by atoms with Crippen LogP contribution in [0.4, 0.5) is 0 Å². The van der Waals surface area contributed by atoms with Crippen molar-refractivity contribution >= 4 is 27.9 Å². The Morgan fingerprint density at radius 2 is 1.73 bits per heavy atom. The van der Waals surface area contributed by atoms with Crippen molar-refractivity contribution in [1.29, 1.82) is 0 Å². The molecule has 22 heavy (non-hydrogen) atoms. The van der Waals surface area contributed by atoms with E-state index in [0.717, 1.165) is 27.0 Å². The lowest BCUT2D eigenvalue weighted by Crippen LogP contribution is -1.98. The predicted molar refractivity (Wildman–Crippen MR) is 91.5 cm³/mol. The van der Waals surface area contributed by atoms with Gasteiger partial charge in [0.15, 0.2) is 0 Å². The van der Waals surface area contributed by atoms with E-state index in [4.69, 9.17) is 0 Å². The lowest BCUT2D eigenvalue weighted by molar-refractivity contribution is 0.104. The third-order valence-corrected chi connectivity index (χ3v) is 4.68. The molecular formula is C19H13NOS. The Labute approximate surface area is 132 Å². The van der Waals surface area contributed by atoms with Crippen LogP contribution in [0, 0.1) is 0 Å². The second-order valence-electron chi connectivity index (χ2n) is 5.12. The summed E-state index contributed by atoms with van der Waals surface area (Å²) >= 11 is 1.47. The number of hydrogen-bond donors (Lipinski definition) is 1. The van der Waals surface area contributed by atoms with Gasteiger partial charge in [-0.25, -0.2) is 0 Å². The molecule has 0 saturated heterocycles. The quantitative estimate of drug-likeness (QED) is 0.523. The Hall–Kier alpha value is -2.65. The number of hydrogen-bond acceptors (Lipinski definition) is 2. The number of ketones is 1. The lowest BCUT2D eigenvalue weighted by Gasteiger charge is -2.07. The summed E-state index contributed by atoms with van der Waals surface area (Å²) in [5.74, 6) is 0.0687. The summed E-state index contributed by atoms with van der Waals surface area (Å²) in [7, 11) is 0. The normalized spacial score (nSPS) is 10.9. The van der Waals surface area contributed by atoms with Crippen molar-refractivity contribution in [3.63, 3.8) is 0 Å². The summed E-state index contributed by atoms with van der Waals surface area (Å²) < 4.78 is 0. The molecule has 2 aromatic heterocycles. The second-order valence-corrected chi connectivity index (χ2v) is 6.06. The first-order valence-corrected chi connectivity index (χ1v) is 7.96. The molecule has 0 aliphatic carbocycles. The Morgan fingerprint density at radius 1 is 0.864 bits per heavy atom. The number of H-pyrrole nitrogens is 1. The van der Waals surface area contributed by atoms with Crippen LogP contribution in [0.5, 0.6) is 0 Å². The van der Waals surface area contributed by atoms with Gasteiger partial charge in [-0.3, -0.25) is 4.79 Å². The van der Waals surface area contributed by atoms with Crippen LogP contribution in [-0.4, -0.2) is 10.8 Å². The van der Waals surface area contributed by atoms with Gasteiger partial charge in [-0.1, -0.05) is 48.5 Å². The molecule has 3 heteroatoms. The standard InChI is InChI=1S/C19H13NOS/c21-19(18-9-4-10-22-18)17-12-20-11-16(17)15-8-3-6-13-5-1-2-7-14(13)15/h1-12,20H. The number of thiophene rings is 1. The molecular weight excluding hydrogens is 290 g/mol. The fourth-order valence-electron chi connectivity index (χ4n) is 2.78. The molecule has 4 aromatic rings. The maximum Gasteiger partial charge on any atom is 0.205 e. The molecule has 0 amide bonds. The summed E-state index contributed by atoms with van der Waals surface area (Å²) in [5, 5.41) is 4.26. The summed E-state index contributed by atoms with van der Waals surface area (Å²) in [6.07, 6.45) is 3.70. The zero-order valence-corrected chi connectivity index (χ0v) is 12.6. The molecule has 4 rings (SSSR count). The maximum atomic E-state index is 12.7. The zero-order valence-electron chi connectivity index (χ0n) is 11.7. The van der Waals surface area contributed by atoms with Crippen LogP contribution in [0.15, 0.2) is 72.4 Å². The first kappa shape index (κ1) is 13.0. The number of carbonyl (C=O) groups excluding carboxylic acids is 1. The number of rotatable bonds is 3. The third kappa shape index (κ3) is 2.07. The molecule has 2 heterocycles. The van der Waals surface area contributed by atoms with Gasteiger partial charge in [0, 0.05) is 23.5 Å². The third-order valence-electron chi connectivity index (χ3n) is 3.81. The van der Waals surface area contributed by atoms with Crippen molar-refractivity contribution in [3.8, 4) is 11.1 Å². The number of aromatic nitrogens is 1. The fraction of sp³-hybridized carbons (Fsp3) is 0. The lowest BCUT2D eigenvalue weighted by atomic mass is 9.96. The minimum Gasteiger partial charge on any atom is -0.366 e. The van der Waals surface area contributed by atoms with Crippen LogP contribution in [0.25, 0.3) is 21.9 Å². The summed E-state index contributed by atoms with van der Waals surface area (Å²) in [6, 6.07) is 18.2. The van der Waals surface area contributed by atoms with E-state index in [1.165, 1.54) is 16.7 Å². The number of nitrogens with one attached hydrogen (secondary N) is 1. The minimum atomic E-state index is 0.0687. The SMILES string of the molecule is O=C(c1cccs1)c1c[nH]cc1-c1cccc2ccccc12. The highest BCUT2D eigenvalue weighted by Crippen LogP contribution is 2.32. The van der Waals surface area contributed by atoms with Gasteiger partial charge in [-0.15, -0.1) is 11.3 Å². The molecule has 0 atom stereocenters. The van der Waals surface area contributed by atoms with Crippen molar-refractivity contribution in [2.75, 3.05) is 0 Å². The average molecular weight is 303 g/mol. The van der Waals surface area contributed by atoms with Gasteiger partial charge < -0.3 is 4.98 Å². The van der Waals surface area contributed by atoms with Gasteiger partial charge in [-0.05, 0) is 27.8 Å². The highest BCUT2D eigenvalue weighted by molar-refractivity contribution is 7.12. The summed E-state index contributed by atoms with van der Waals surface area (Å²) in [6.45, 7) is 0. The van der Waals surface area contributed by atoms with E-state index in [0.29, 0.717) is 0 Å². The molecule has 0 fully saturated rings. The van der Waals surface area contributed by atoms with E-state index < -0.39 is 0 Å². The highest BCUT2D eigenvalue weighted by atomic mass is 32.1. The first-order valence-electron chi connectivity index (χ1n) is 7.08. The van der Waals surface area contributed by atoms with E-state index in [-0.39, 0.29) is 5.78 Å². The predicted octanol–water partition coefficient (Wildman–Crippen LogP) is 5.13. The van der Waals surface area contributed by atoms with Crippen LogP contribution in [0.3, 0.4) is 0 Å². The van der Waals surface area contributed by atoms with Gasteiger partial charge in [-0.2, -0.15) is 0 Å². The monoisotopic (exact) mass is 303 g/mol. The summed E-state index contributed by atoms with van der Waals surface area (Å²) in [4.78, 5) is 16.5. The van der Waals surface area contributed by atoms with Crippen molar-refractivity contribution in [2.45, 2.75) is 0 Å². The molecule has 0 saturated carbocycles. The van der Waals surface area contributed by atoms with Gasteiger partial charge in [0.2, 0.25) is 5.78 Å². The molecule has 0 radical (unpaired) electrons.